The van der Waals surface area contributed by atoms with Crippen LogP contribution in [0.3, 0.4) is 0 Å². The van der Waals surface area contributed by atoms with Gasteiger partial charge in [0.1, 0.15) is 0 Å². The van der Waals surface area contributed by atoms with Crippen molar-refractivity contribution in [1.29, 1.82) is 0 Å². The minimum Gasteiger partial charge on any atom is -0.342 e. The van der Waals surface area contributed by atoms with Crippen molar-refractivity contribution < 1.29 is 4.79 Å². The van der Waals surface area contributed by atoms with Crippen molar-refractivity contribution in [2.45, 2.75) is 33.4 Å². The summed E-state index contributed by atoms with van der Waals surface area (Å²) < 4.78 is 2.44. The number of rotatable bonds is 4. The fourth-order valence-corrected chi connectivity index (χ4v) is 2.37. The van der Waals surface area contributed by atoms with Gasteiger partial charge in [-0.15, -0.1) is 0 Å². The van der Waals surface area contributed by atoms with E-state index in [9.17, 15) is 4.79 Å². The number of aromatic amines is 1. The van der Waals surface area contributed by atoms with Crippen molar-refractivity contribution in [3.63, 3.8) is 0 Å². The topological polar surface area (TPSA) is 62.7 Å². The van der Waals surface area contributed by atoms with E-state index < -0.39 is 0 Å². The zero-order valence-electron chi connectivity index (χ0n) is 11.8. The molecule has 20 heavy (non-hydrogen) atoms. The van der Waals surface area contributed by atoms with E-state index in [4.69, 9.17) is 12.2 Å². The fourth-order valence-electron chi connectivity index (χ4n) is 2.10. The van der Waals surface area contributed by atoms with Crippen molar-refractivity contribution in [3.8, 4) is 0 Å². The van der Waals surface area contributed by atoms with E-state index in [1.807, 2.05) is 43.5 Å². The van der Waals surface area contributed by atoms with Crippen LogP contribution in [-0.4, -0.2) is 20.7 Å². The Morgan fingerprint density at radius 3 is 2.95 bits per heavy atom. The lowest BCUT2D eigenvalue weighted by atomic mass is 10.1. The molecule has 1 aromatic carbocycles. The van der Waals surface area contributed by atoms with Gasteiger partial charge in [-0.2, -0.15) is 5.10 Å². The molecule has 0 aliphatic heterocycles. The lowest BCUT2D eigenvalue weighted by Crippen LogP contribution is -2.28. The second-order valence-electron chi connectivity index (χ2n) is 4.70. The highest BCUT2D eigenvalue weighted by Crippen LogP contribution is 2.12. The third-order valence-corrected chi connectivity index (χ3v) is 3.43. The SMILES string of the molecule is CCn1c([C@@H](C)NC(=O)c2cccc(C)c2)n[nH]c1=S. The summed E-state index contributed by atoms with van der Waals surface area (Å²) in [6.45, 7) is 6.56. The molecule has 0 fully saturated rings. The Hall–Kier alpha value is -1.95. The van der Waals surface area contributed by atoms with Gasteiger partial charge in [-0.1, -0.05) is 17.7 Å². The highest BCUT2D eigenvalue weighted by atomic mass is 32.1. The number of amides is 1. The molecule has 2 aromatic rings. The van der Waals surface area contributed by atoms with E-state index in [1.54, 1.807) is 6.07 Å². The molecule has 1 heterocycles. The maximum Gasteiger partial charge on any atom is 0.251 e. The van der Waals surface area contributed by atoms with Crippen LogP contribution in [0.25, 0.3) is 0 Å². The van der Waals surface area contributed by atoms with E-state index in [2.05, 4.69) is 15.5 Å². The molecule has 1 amide bonds. The van der Waals surface area contributed by atoms with Gasteiger partial charge in [-0.05, 0) is 45.1 Å². The van der Waals surface area contributed by atoms with Gasteiger partial charge in [0.2, 0.25) is 0 Å². The molecule has 0 saturated carbocycles. The number of hydrogen-bond acceptors (Lipinski definition) is 3. The average Bonchev–Trinajstić information content (AvgIpc) is 2.79. The van der Waals surface area contributed by atoms with Crippen molar-refractivity contribution in [2.24, 2.45) is 0 Å². The van der Waals surface area contributed by atoms with Gasteiger partial charge < -0.3 is 9.88 Å². The van der Waals surface area contributed by atoms with Gasteiger partial charge in [0.25, 0.3) is 5.91 Å². The van der Waals surface area contributed by atoms with Crippen LogP contribution < -0.4 is 5.32 Å². The molecule has 0 aliphatic rings. The Bertz CT molecular complexity index is 674. The first kappa shape index (κ1) is 14.5. The largest absolute Gasteiger partial charge is 0.342 e. The summed E-state index contributed by atoms with van der Waals surface area (Å²) in [6, 6.07) is 7.28. The number of hydrogen-bond donors (Lipinski definition) is 2. The van der Waals surface area contributed by atoms with Crippen LogP contribution in [0.1, 0.15) is 41.6 Å². The zero-order chi connectivity index (χ0) is 14.7. The summed E-state index contributed by atoms with van der Waals surface area (Å²) in [5.74, 6) is 0.622. The van der Waals surface area contributed by atoms with Gasteiger partial charge in [0.05, 0.1) is 6.04 Å². The number of nitrogens with zero attached hydrogens (tertiary/aromatic N) is 2. The summed E-state index contributed by atoms with van der Waals surface area (Å²) in [6.07, 6.45) is 0. The van der Waals surface area contributed by atoms with Crippen LogP contribution >= 0.6 is 12.2 Å². The molecule has 6 heteroatoms. The predicted octanol–water partition coefficient (Wildman–Crippen LogP) is 2.76. The van der Waals surface area contributed by atoms with Gasteiger partial charge >= 0.3 is 0 Å². The van der Waals surface area contributed by atoms with Gasteiger partial charge in [-0.25, -0.2) is 0 Å². The molecule has 0 unspecified atom stereocenters. The molecular weight excluding hydrogens is 272 g/mol. The van der Waals surface area contributed by atoms with E-state index in [0.717, 1.165) is 17.9 Å². The van der Waals surface area contributed by atoms with Gasteiger partial charge in [0.15, 0.2) is 10.6 Å². The van der Waals surface area contributed by atoms with Crippen molar-refractivity contribution in [3.05, 3.63) is 46.0 Å². The Kier molecular flexibility index (Phi) is 4.34. The second kappa shape index (κ2) is 6.00. The Labute approximate surface area is 123 Å². The molecule has 2 N–H and O–H groups in total. The average molecular weight is 290 g/mol. The minimum atomic E-state index is -0.212. The molecular formula is C14H18N4OS. The summed E-state index contributed by atoms with van der Waals surface area (Å²) in [5.41, 5.74) is 1.70. The third kappa shape index (κ3) is 2.96. The van der Waals surface area contributed by atoms with Gasteiger partial charge in [-0.3, -0.25) is 9.89 Å². The predicted molar refractivity (Wildman–Crippen MR) is 80.1 cm³/mol. The molecule has 0 spiro atoms. The molecule has 0 saturated heterocycles. The minimum absolute atomic E-state index is 0.113. The molecule has 1 atom stereocenters. The Balaban J connectivity index is 2.17. The smallest absolute Gasteiger partial charge is 0.251 e. The number of aryl methyl sites for hydroxylation is 1. The van der Waals surface area contributed by atoms with Crippen LogP contribution in [-0.2, 0) is 6.54 Å². The number of carbonyl (C=O) groups excluding carboxylic acids is 1. The summed E-state index contributed by atoms with van der Waals surface area (Å²) in [7, 11) is 0. The normalized spacial score (nSPS) is 12.2. The summed E-state index contributed by atoms with van der Waals surface area (Å²) >= 11 is 5.15. The van der Waals surface area contributed by atoms with E-state index in [0.29, 0.717) is 10.3 Å². The van der Waals surface area contributed by atoms with Crippen LogP contribution in [0.4, 0.5) is 0 Å². The number of aromatic nitrogens is 3. The van der Waals surface area contributed by atoms with Crippen LogP contribution in [0.2, 0.25) is 0 Å². The number of H-pyrrole nitrogens is 1. The Morgan fingerprint density at radius 1 is 1.55 bits per heavy atom. The summed E-state index contributed by atoms with van der Waals surface area (Å²) in [4.78, 5) is 12.2. The highest BCUT2D eigenvalue weighted by Gasteiger charge is 2.16. The Morgan fingerprint density at radius 2 is 2.30 bits per heavy atom. The summed E-state index contributed by atoms with van der Waals surface area (Å²) in [5, 5.41) is 9.88. The second-order valence-corrected chi connectivity index (χ2v) is 5.08. The molecule has 0 radical (unpaired) electrons. The van der Waals surface area contributed by atoms with Crippen molar-refractivity contribution in [1.82, 2.24) is 20.1 Å². The molecule has 5 nitrogen and oxygen atoms in total. The van der Waals surface area contributed by atoms with E-state index in [1.165, 1.54) is 0 Å². The number of nitrogens with one attached hydrogen (secondary N) is 2. The van der Waals surface area contributed by atoms with Crippen molar-refractivity contribution >= 4 is 18.1 Å². The highest BCUT2D eigenvalue weighted by molar-refractivity contribution is 7.71. The first-order chi connectivity index (χ1) is 9.52. The fraction of sp³-hybridized carbons (Fsp3) is 0.357. The first-order valence-electron chi connectivity index (χ1n) is 6.55. The number of benzene rings is 1. The van der Waals surface area contributed by atoms with E-state index >= 15 is 0 Å². The molecule has 0 aliphatic carbocycles. The first-order valence-corrected chi connectivity index (χ1v) is 6.96. The maximum absolute atomic E-state index is 12.2. The third-order valence-electron chi connectivity index (χ3n) is 3.12. The number of carbonyl (C=O) groups is 1. The van der Waals surface area contributed by atoms with Crippen LogP contribution in [0, 0.1) is 11.7 Å². The van der Waals surface area contributed by atoms with Crippen LogP contribution in [0.5, 0.6) is 0 Å². The quantitative estimate of drug-likeness (QED) is 0.851. The molecule has 0 bridgehead atoms. The zero-order valence-corrected chi connectivity index (χ0v) is 12.6. The molecule has 106 valence electrons. The van der Waals surface area contributed by atoms with Gasteiger partial charge in [0, 0.05) is 12.1 Å². The molecule has 2 rings (SSSR count). The van der Waals surface area contributed by atoms with Crippen LogP contribution in [0.15, 0.2) is 24.3 Å². The van der Waals surface area contributed by atoms with E-state index in [-0.39, 0.29) is 11.9 Å². The molecule has 1 aromatic heterocycles. The van der Waals surface area contributed by atoms with Crippen molar-refractivity contribution in [2.75, 3.05) is 0 Å². The standard InChI is InChI=1S/C14H18N4OS/c1-4-18-12(16-17-14(18)20)10(3)15-13(19)11-7-5-6-9(2)8-11/h5-8,10H,4H2,1-3H3,(H,15,19)(H,17,20)/t10-/m1/s1. The lowest BCUT2D eigenvalue weighted by Gasteiger charge is -2.14. The monoisotopic (exact) mass is 290 g/mol. The maximum atomic E-state index is 12.2. The lowest BCUT2D eigenvalue weighted by molar-refractivity contribution is 0.0937.